The Morgan fingerprint density at radius 3 is 2.57 bits per heavy atom. The Morgan fingerprint density at radius 1 is 1.57 bits per heavy atom. The largest absolute Gasteiger partial charge is 0.352 e. The van der Waals surface area contributed by atoms with E-state index in [9.17, 15) is 4.79 Å². The average molecular weight is 199 g/mol. The van der Waals surface area contributed by atoms with Crippen molar-refractivity contribution in [2.24, 2.45) is 5.73 Å². The first-order valence-electron chi connectivity index (χ1n) is 5.41. The fourth-order valence-corrected chi connectivity index (χ4v) is 1.73. The second-order valence-corrected chi connectivity index (χ2v) is 4.01. The predicted molar refractivity (Wildman–Crippen MR) is 56.9 cm³/mol. The van der Waals surface area contributed by atoms with Gasteiger partial charge in [-0.15, -0.1) is 0 Å². The zero-order valence-corrected chi connectivity index (χ0v) is 9.12. The van der Waals surface area contributed by atoms with E-state index in [1.165, 1.54) is 0 Å². The van der Waals surface area contributed by atoms with Crippen molar-refractivity contribution in [2.45, 2.75) is 38.8 Å². The van der Waals surface area contributed by atoms with Crippen LogP contribution in [0.2, 0.25) is 0 Å². The van der Waals surface area contributed by atoms with E-state index in [1.807, 2.05) is 0 Å². The van der Waals surface area contributed by atoms with Crippen molar-refractivity contribution < 1.29 is 4.79 Å². The number of nitrogens with zero attached hydrogens (tertiary/aromatic N) is 1. The van der Waals surface area contributed by atoms with E-state index in [-0.39, 0.29) is 11.9 Å². The van der Waals surface area contributed by atoms with Crippen molar-refractivity contribution in [3.05, 3.63) is 0 Å². The summed E-state index contributed by atoms with van der Waals surface area (Å²) in [6.07, 6.45) is 2.10. The van der Waals surface area contributed by atoms with Crippen molar-refractivity contribution >= 4 is 5.91 Å². The standard InChI is InChI=1S/C10H21N3O/c1-3-13-6-4-9(5-7-13)12-10(14)8(2)11/h8-9H,3-7,11H2,1-2H3,(H,12,14)/t8-/m1/s1. The van der Waals surface area contributed by atoms with Crippen molar-refractivity contribution in [3.8, 4) is 0 Å². The number of piperidine rings is 1. The van der Waals surface area contributed by atoms with Gasteiger partial charge in [-0.3, -0.25) is 4.79 Å². The zero-order valence-electron chi connectivity index (χ0n) is 9.12. The lowest BCUT2D eigenvalue weighted by molar-refractivity contribution is -0.123. The summed E-state index contributed by atoms with van der Waals surface area (Å²) in [7, 11) is 0. The Bertz CT molecular complexity index is 186. The van der Waals surface area contributed by atoms with Gasteiger partial charge in [0.2, 0.25) is 5.91 Å². The normalized spacial score (nSPS) is 21.9. The van der Waals surface area contributed by atoms with Crippen LogP contribution in [0.1, 0.15) is 26.7 Å². The number of hydrogen-bond acceptors (Lipinski definition) is 3. The van der Waals surface area contributed by atoms with Crippen LogP contribution in [0.3, 0.4) is 0 Å². The minimum atomic E-state index is -0.390. The molecule has 1 atom stereocenters. The average Bonchev–Trinajstić information content (AvgIpc) is 2.19. The highest BCUT2D eigenvalue weighted by Gasteiger charge is 2.20. The molecular formula is C10H21N3O. The van der Waals surface area contributed by atoms with Gasteiger partial charge in [-0.1, -0.05) is 6.92 Å². The number of hydrogen-bond donors (Lipinski definition) is 2. The highest BCUT2D eigenvalue weighted by molar-refractivity contribution is 5.81. The number of nitrogens with two attached hydrogens (primary N) is 1. The summed E-state index contributed by atoms with van der Waals surface area (Å²) < 4.78 is 0. The predicted octanol–water partition coefficient (Wildman–Crippen LogP) is -0.0659. The van der Waals surface area contributed by atoms with Gasteiger partial charge in [-0.2, -0.15) is 0 Å². The van der Waals surface area contributed by atoms with Gasteiger partial charge in [0.1, 0.15) is 0 Å². The summed E-state index contributed by atoms with van der Waals surface area (Å²) >= 11 is 0. The van der Waals surface area contributed by atoms with Crippen LogP contribution in [-0.4, -0.2) is 42.5 Å². The Morgan fingerprint density at radius 2 is 2.14 bits per heavy atom. The SMILES string of the molecule is CCN1CCC(NC(=O)[C@@H](C)N)CC1. The molecule has 0 aromatic carbocycles. The number of nitrogens with one attached hydrogen (secondary N) is 1. The molecule has 1 aliphatic heterocycles. The minimum Gasteiger partial charge on any atom is -0.352 e. The van der Waals surface area contributed by atoms with Crippen LogP contribution in [0.4, 0.5) is 0 Å². The zero-order chi connectivity index (χ0) is 10.6. The fourth-order valence-electron chi connectivity index (χ4n) is 1.73. The van der Waals surface area contributed by atoms with Crippen molar-refractivity contribution in [1.82, 2.24) is 10.2 Å². The molecule has 1 aliphatic rings. The summed E-state index contributed by atoms with van der Waals surface area (Å²) in [5.41, 5.74) is 5.48. The lowest BCUT2D eigenvalue weighted by atomic mass is 10.0. The molecular weight excluding hydrogens is 178 g/mol. The topological polar surface area (TPSA) is 58.4 Å². The first-order chi connectivity index (χ1) is 6.63. The molecule has 14 heavy (non-hydrogen) atoms. The molecule has 0 saturated carbocycles. The second kappa shape index (κ2) is 5.32. The quantitative estimate of drug-likeness (QED) is 0.669. The molecule has 1 saturated heterocycles. The first kappa shape index (κ1) is 11.5. The molecule has 0 spiro atoms. The first-order valence-corrected chi connectivity index (χ1v) is 5.41. The number of carbonyl (C=O) groups is 1. The molecule has 4 heteroatoms. The highest BCUT2D eigenvalue weighted by Crippen LogP contribution is 2.09. The molecule has 3 N–H and O–H groups in total. The molecule has 0 aliphatic carbocycles. The number of carbonyl (C=O) groups excluding carboxylic acids is 1. The summed E-state index contributed by atoms with van der Waals surface area (Å²) in [5, 5.41) is 2.97. The number of rotatable bonds is 3. The van der Waals surface area contributed by atoms with Crippen LogP contribution in [0, 0.1) is 0 Å². The van der Waals surface area contributed by atoms with E-state index in [1.54, 1.807) is 6.92 Å². The van der Waals surface area contributed by atoms with Crippen molar-refractivity contribution in [1.29, 1.82) is 0 Å². The number of likely N-dealkylation sites (tertiary alicyclic amines) is 1. The van der Waals surface area contributed by atoms with Crippen LogP contribution in [0.5, 0.6) is 0 Å². The molecule has 1 amide bonds. The molecule has 0 unspecified atom stereocenters. The molecule has 1 fully saturated rings. The van der Waals surface area contributed by atoms with Crippen LogP contribution in [0.15, 0.2) is 0 Å². The Balaban J connectivity index is 2.25. The van der Waals surface area contributed by atoms with Gasteiger partial charge in [0, 0.05) is 19.1 Å². The smallest absolute Gasteiger partial charge is 0.236 e. The van der Waals surface area contributed by atoms with Gasteiger partial charge < -0.3 is 16.0 Å². The maximum absolute atomic E-state index is 11.3. The van der Waals surface area contributed by atoms with E-state index in [0.29, 0.717) is 6.04 Å². The Hall–Kier alpha value is -0.610. The van der Waals surface area contributed by atoms with E-state index in [4.69, 9.17) is 5.73 Å². The van der Waals surface area contributed by atoms with Gasteiger partial charge in [0.05, 0.1) is 6.04 Å². The molecule has 0 radical (unpaired) electrons. The van der Waals surface area contributed by atoms with E-state index >= 15 is 0 Å². The van der Waals surface area contributed by atoms with Gasteiger partial charge in [-0.25, -0.2) is 0 Å². The van der Waals surface area contributed by atoms with E-state index in [0.717, 1.165) is 32.5 Å². The Kier molecular flexibility index (Phi) is 4.35. The molecule has 4 nitrogen and oxygen atoms in total. The molecule has 0 bridgehead atoms. The van der Waals surface area contributed by atoms with Crippen molar-refractivity contribution in [2.75, 3.05) is 19.6 Å². The number of amides is 1. The van der Waals surface area contributed by atoms with E-state index in [2.05, 4.69) is 17.1 Å². The molecule has 0 aromatic rings. The minimum absolute atomic E-state index is 0.0278. The van der Waals surface area contributed by atoms with Crippen LogP contribution < -0.4 is 11.1 Å². The summed E-state index contributed by atoms with van der Waals surface area (Å²) in [6, 6.07) is -0.0597. The third-order valence-electron chi connectivity index (χ3n) is 2.79. The maximum Gasteiger partial charge on any atom is 0.236 e. The van der Waals surface area contributed by atoms with Gasteiger partial charge in [-0.05, 0) is 26.3 Å². The lowest BCUT2D eigenvalue weighted by Crippen LogP contribution is -2.48. The summed E-state index contributed by atoms with van der Waals surface area (Å²) in [4.78, 5) is 13.7. The third-order valence-corrected chi connectivity index (χ3v) is 2.79. The summed E-state index contributed by atoms with van der Waals surface area (Å²) in [5.74, 6) is -0.0278. The van der Waals surface area contributed by atoms with Crippen LogP contribution in [0.25, 0.3) is 0 Å². The molecule has 0 aromatic heterocycles. The molecule has 1 rings (SSSR count). The van der Waals surface area contributed by atoms with E-state index < -0.39 is 0 Å². The second-order valence-electron chi connectivity index (χ2n) is 4.01. The van der Waals surface area contributed by atoms with Crippen molar-refractivity contribution in [3.63, 3.8) is 0 Å². The van der Waals surface area contributed by atoms with Crippen LogP contribution >= 0.6 is 0 Å². The summed E-state index contributed by atoms with van der Waals surface area (Å²) in [6.45, 7) is 7.16. The maximum atomic E-state index is 11.3. The monoisotopic (exact) mass is 199 g/mol. The third kappa shape index (κ3) is 3.27. The lowest BCUT2D eigenvalue weighted by Gasteiger charge is -2.31. The molecule has 1 heterocycles. The van der Waals surface area contributed by atoms with Gasteiger partial charge >= 0.3 is 0 Å². The Labute approximate surface area is 85.8 Å². The highest BCUT2D eigenvalue weighted by atomic mass is 16.2. The molecule has 82 valence electrons. The van der Waals surface area contributed by atoms with Gasteiger partial charge in [0.15, 0.2) is 0 Å². The van der Waals surface area contributed by atoms with Gasteiger partial charge in [0.25, 0.3) is 0 Å². The fraction of sp³-hybridized carbons (Fsp3) is 0.900. The van der Waals surface area contributed by atoms with Crippen LogP contribution in [-0.2, 0) is 4.79 Å².